The number of halogens is 4. The van der Waals surface area contributed by atoms with Gasteiger partial charge in [-0.3, -0.25) is 0 Å². The van der Waals surface area contributed by atoms with Gasteiger partial charge in [-0.05, 0) is 22.0 Å². The van der Waals surface area contributed by atoms with Crippen molar-refractivity contribution in [3.63, 3.8) is 0 Å². The molecule has 10 heteroatoms. The van der Waals surface area contributed by atoms with Crippen LogP contribution in [-0.2, 0) is 10.0 Å². The average Bonchev–Trinajstić information content (AvgIpc) is 2.05. The van der Waals surface area contributed by atoms with Crippen molar-refractivity contribution in [2.75, 3.05) is 5.73 Å². The van der Waals surface area contributed by atoms with E-state index in [0.717, 1.165) is 6.07 Å². The van der Waals surface area contributed by atoms with E-state index in [-0.39, 0.29) is 10.2 Å². The van der Waals surface area contributed by atoms with Crippen molar-refractivity contribution >= 4 is 31.6 Å². The van der Waals surface area contributed by atoms with E-state index in [9.17, 15) is 21.6 Å². The zero-order valence-corrected chi connectivity index (χ0v) is 10.4. The van der Waals surface area contributed by atoms with Gasteiger partial charge in [0.2, 0.25) is 10.0 Å². The fourth-order valence-electron chi connectivity index (χ4n) is 0.981. The molecular formula is C7H6BrF3N2O3S. The minimum atomic E-state index is -4.97. The lowest BCUT2D eigenvalue weighted by molar-refractivity contribution is -0.274. The normalized spacial score (nSPS) is 12.5. The lowest BCUT2D eigenvalue weighted by atomic mass is 10.3. The fraction of sp³-hybridized carbons (Fsp3) is 0.143. The second-order valence-corrected chi connectivity index (χ2v) is 5.30. The van der Waals surface area contributed by atoms with Gasteiger partial charge < -0.3 is 10.5 Å². The Morgan fingerprint density at radius 3 is 2.24 bits per heavy atom. The van der Waals surface area contributed by atoms with E-state index in [1.165, 1.54) is 0 Å². The van der Waals surface area contributed by atoms with Crippen LogP contribution in [0.25, 0.3) is 0 Å². The van der Waals surface area contributed by atoms with Crippen LogP contribution >= 0.6 is 15.9 Å². The number of ether oxygens (including phenoxy) is 1. The third-order valence-corrected chi connectivity index (χ3v) is 3.47. The zero-order valence-electron chi connectivity index (χ0n) is 7.95. The summed E-state index contributed by atoms with van der Waals surface area (Å²) in [6, 6.07) is 1.56. The Morgan fingerprint density at radius 2 is 1.82 bits per heavy atom. The van der Waals surface area contributed by atoms with Gasteiger partial charge in [-0.2, -0.15) is 0 Å². The number of rotatable bonds is 2. The maximum absolute atomic E-state index is 12.0. The summed E-state index contributed by atoms with van der Waals surface area (Å²) in [7, 11) is -4.18. The molecule has 0 saturated carbocycles. The second kappa shape index (κ2) is 4.35. The van der Waals surface area contributed by atoms with Gasteiger partial charge in [0.05, 0.1) is 10.6 Å². The summed E-state index contributed by atoms with van der Waals surface area (Å²) in [6.45, 7) is 0. The number of alkyl halides is 3. The third kappa shape index (κ3) is 3.75. The van der Waals surface area contributed by atoms with Gasteiger partial charge in [-0.15, -0.1) is 13.2 Å². The molecule has 0 spiro atoms. The van der Waals surface area contributed by atoms with E-state index in [1.54, 1.807) is 0 Å². The average molecular weight is 335 g/mol. The van der Waals surface area contributed by atoms with Crippen molar-refractivity contribution in [3.05, 3.63) is 16.6 Å². The summed E-state index contributed by atoms with van der Waals surface area (Å²) in [5, 5.41) is 4.80. The Hall–Kier alpha value is -1.00. The molecule has 0 fully saturated rings. The quantitative estimate of drug-likeness (QED) is 0.802. The minimum Gasteiger partial charge on any atom is -0.404 e. The van der Waals surface area contributed by atoms with Gasteiger partial charge in [0, 0.05) is 10.5 Å². The molecule has 1 aromatic carbocycles. The molecule has 1 aromatic rings. The molecule has 0 saturated heterocycles. The lowest BCUT2D eigenvalue weighted by Gasteiger charge is -2.13. The first-order valence-corrected chi connectivity index (χ1v) is 6.22. The van der Waals surface area contributed by atoms with Crippen LogP contribution in [0.3, 0.4) is 0 Å². The monoisotopic (exact) mass is 334 g/mol. The number of sulfonamides is 1. The summed E-state index contributed by atoms with van der Waals surface area (Å²) in [5.41, 5.74) is 4.88. The van der Waals surface area contributed by atoms with E-state index >= 15 is 0 Å². The zero-order chi connectivity index (χ0) is 13.4. The number of anilines is 1. The first-order chi connectivity index (χ1) is 7.50. The maximum Gasteiger partial charge on any atom is 0.573 e. The van der Waals surface area contributed by atoms with Crippen LogP contribution in [0.5, 0.6) is 5.75 Å². The van der Waals surface area contributed by atoms with Gasteiger partial charge in [0.1, 0.15) is 0 Å². The van der Waals surface area contributed by atoms with E-state index in [2.05, 4.69) is 20.7 Å². The summed E-state index contributed by atoms with van der Waals surface area (Å²) in [4.78, 5) is -0.550. The molecule has 0 heterocycles. The van der Waals surface area contributed by atoms with Crippen LogP contribution in [0, 0.1) is 0 Å². The van der Waals surface area contributed by atoms with Crippen molar-refractivity contribution in [1.29, 1.82) is 0 Å². The molecule has 17 heavy (non-hydrogen) atoms. The van der Waals surface area contributed by atoms with E-state index in [4.69, 9.17) is 10.9 Å². The largest absolute Gasteiger partial charge is 0.573 e. The molecule has 1 rings (SSSR count). The van der Waals surface area contributed by atoms with Crippen LogP contribution in [0.2, 0.25) is 0 Å². The number of primary sulfonamides is 1. The molecule has 0 aliphatic rings. The molecule has 0 aromatic heterocycles. The molecule has 0 atom stereocenters. The second-order valence-electron chi connectivity index (χ2n) is 2.91. The molecule has 4 N–H and O–H groups in total. The predicted molar refractivity (Wildman–Crippen MR) is 56.6 cm³/mol. The molecule has 5 nitrogen and oxygen atoms in total. The van der Waals surface area contributed by atoms with Crippen molar-refractivity contribution < 1.29 is 26.3 Å². The lowest BCUT2D eigenvalue weighted by Crippen LogP contribution is -2.19. The number of nitrogen functional groups attached to an aromatic ring is 1. The van der Waals surface area contributed by atoms with Crippen LogP contribution in [0.4, 0.5) is 18.9 Å². The highest BCUT2D eigenvalue weighted by atomic mass is 79.9. The van der Waals surface area contributed by atoms with E-state index in [0.29, 0.717) is 6.07 Å². The van der Waals surface area contributed by atoms with Crippen LogP contribution < -0.4 is 15.6 Å². The first-order valence-electron chi connectivity index (χ1n) is 3.88. The highest BCUT2D eigenvalue weighted by Crippen LogP contribution is 2.34. The van der Waals surface area contributed by atoms with Gasteiger partial charge in [-0.25, -0.2) is 13.6 Å². The summed E-state index contributed by atoms with van der Waals surface area (Å²) >= 11 is 2.82. The number of benzene rings is 1. The summed E-state index contributed by atoms with van der Waals surface area (Å²) < 4.78 is 61.6. The molecule has 0 radical (unpaired) electrons. The van der Waals surface area contributed by atoms with Crippen molar-refractivity contribution in [2.45, 2.75) is 11.3 Å². The predicted octanol–water partition coefficient (Wildman–Crippen LogP) is 1.58. The number of nitrogens with two attached hydrogens (primary N) is 2. The Balaban J connectivity index is 3.35. The highest BCUT2D eigenvalue weighted by Gasteiger charge is 2.32. The first kappa shape index (κ1) is 14.1. The van der Waals surface area contributed by atoms with Crippen molar-refractivity contribution in [1.82, 2.24) is 0 Å². The SMILES string of the molecule is Nc1cc(Br)c(S(N)(=O)=O)cc1OC(F)(F)F. The van der Waals surface area contributed by atoms with E-state index in [1.807, 2.05) is 0 Å². The number of hydrogen-bond donors (Lipinski definition) is 2. The van der Waals surface area contributed by atoms with Gasteiger partial charge in [0.15, 0.2) is 5.75 Å². The van der Waals surface area contributed by atoms with Crippen molar-refractivity contribution in [3.8, 4) is 5.75 Å². The Morgan fingerprint density at radius 1 is 1.29 bits per heavy atom. The molecule has 0 aliphatic carbocycles. The van der Waals surface area contributed by atoms with Crippen LogP contribution in [-0.4, -0.2) is 14.8 Å². The molecule has 0 unspecified atom stereocenters. The minimum absolute atomic E-state index is 0.0491. The molecule has 0 aliphatic heterocycles. The summed E-state index contributed by atoms with van der Waals surface area (Å²) in [6.07, 6.45) is -4.97. The van der Waals surface area contributed by atoms with Gasteiger partial charge in [-0.1, -0.05) is 0 Å². The molecule has 96 valence electrons. The molecule has 0 amide bonds. The van der Waals surface area contributed by atoms with Crippen molar-refractivity contribution in [2.24, 2.45) is 5.14 Å². The van der Waals surface area contributed by atoms with Crippen LogP contribution in [0.15, 0.2) is 21.5 Å². The Bertz CT molecular complexity index is 544. The molecule has 0 bridgehead atoms. The maximum atomic E-state index is 12.0. The highest BCUT2D eigenvalue weighted by molar-refractivity contribution is 9.10. The van der Waals surface area contributed by atoms with Gasteiger partial charge in [0.25, 0.3) is 0 Å². The van der Waals surface area contributed by atoms with E-state index < -0.39 is 27.0 Å². The standard InChI is InChI=1S/C7H6BrF3N2O3S/c8-3-1-4(12)5(16-7(9,10)11)2-6(3)17(13,14)15/h1-2H,12H2,(H2,13,14,15). The fourth-order valence-corrected chi connectivity index (χ4v) is 2.62. The topological polar surface area (TPSA) is 95.4 Å². The summed E-state index contributed by atoms with van der Waals surface area (Å²) in [5.74, 6) is -0.829. The smallest absolute Gasteiger partial charge is 0.404 e. The van der Waals surface area contributed by atoms with Crippen LogP contribution in [0.1, 0.15) is 0 Å². The number of hydrogen-bond acceptors (Lipinski definition) is 4. The Kier molecular flexibility index (Phi) is 3.60. The van der Waals surface area contributed by atoms with Gasteiger partial charge >= 0.3 is 6.36 Å². The molecular weight excluding hydrogens is 329 g/mol. The Labute approximate surface area is 103 Å². The third-order valence-electron chi connectivity index (χ3n) is 1.60.